The summed E-state index contributed by atoms with van der Waals surface area (Å²) in [5, 5.41) is 3.38. The molecule has 2 rings (SSSR count). The van der Waals surface area contributed by atoms with Crippen molar-refractivity contribution < 1.29 is 4.74 Å². The van der Waals surface area contributed by atoms with Gasteiger partial charge in [-0.25, -0.2) is 4.98 Å². The Labute approximate surface area is 127 Å². The van der Waals surface area contributed by atoms with Crippen molar-refractivity contribution in [2.24, 2.45) is 0 Å². The van der Waals surface area contributed by atoms with Crippen LogP contribution in [0, 0.1) is 0 Å². The van der Waals surface area contributed by atoms with E-state index in [0.29, 0.717) is 11.8 Å². The van der Waals surface area contributed by atoms with Gasteiger partial charge in [0.25, 0.3) is 0 Å². The Hall–Kier alpha value is -1.87. The van der Waals surface area contributed by atoms with Crippen LogP contribution in [0.4, 0.5) is 0 Å². The van der Waals surface area contributed by atoms with Gasteiger partial charge in [-0.05, 0) is 42.6 Å². The van der Waals surface area contributed by atoms with Crippen LogP contribution in [0.25, 0.3) is 0 Å². The van der Waals surface area contributed by atoms with Crippen molar-refractivity contribution in [1.29, 1.82) is 0 Å². The molecule has 112 valence electrons. The van der Waals surface area contributed by atoms with E-state index in [0.717, 1.165) is 30.8 Å². The SMILES string of the molecule is CCCNCc1cccnc1Oc1ccc(C(C)C)cc1. The van der Waals surface area contributed by atoms with Crippen LogP contribution in [0.1, 0.15) is 44.2 Å². The van der Waals surface area contributed by atoms with Crippen LogP contribution in [-0.2, 0) is 6.54 Å². The quantitative estimate of drug-likeness (QED) is 0.760. The fourth-order valence-electron chi connectivity index (χ4n) is 2.08. The molecular weight excluding hydrogens is 260 g/mol. The molecule has 2 aromatic rings. The van der Waals surface area contributed by atoms with E-state index in [-0.39, 0.29) is 0 Å². The fourth-order valence-corrected chi connectivity index (χ4v) is 2.08. The summed E-state index contributed by atoms with van der Waals surface area (Å²) in [4.78, 5) is 4.35. The second kappa shape index (κ2) is 7.79. The van der Waals surface area contributed by atoms with Crippen molar-refractivity contribution in [1.82, 2.24) is 10.3 Å². The van der Waals surface area contributed by atoms with E-state index < -0.39 is 0 Å². The molecular formula is C18H24N2O. The molecule has 1 aromatic heterocycles. The van der Waals surface area contributed by atoms with Crippen LogP contribution in [0.5, 0.6) is 11.6 Å². The summed E-state index contributed by atoms with van der Waals surface area (Å²) in [5.41, 5.74) is 2.40. The molecule has 0 atom stereocenters. The first-order valence-corrected chi connectivity index (χ1v) is 7.63. The molecule has 1 aromatic carbocycles. The second-order valence-electron chi connectivity index (χ2n) is 5.47. The lowest BCUT2D eigenvalue weighted by Crippen LogP contribution is -2.14. The van der Waals surface area contributed by atoms with Gasteiger partial charge in [0.2, 0.25) is 5.88 Å². The first kappa shape index (κ1) is 15.5. The summed E-state index contributed by atoms with van der Waals surface area (Å²) in [6.45, 7) is 8.31. The second-order valence-corrected chi connectivity index (χ2v) is 5.47. The Balaban J connectivity index is 2.08. The van der Waals surface area contributed by atoms with E-state index >= 15 is 0 Å². The predicted molar refractivity (Wildman–Crippen MR) is 86.8 cm³/mol. The molecule has 0 bridgehead atoms. The third-order valence-corrected chi connectivity index (χ3v) is 3.35. The Kier molecular flexibility index (Phi) is 5.76. The van der Waals surface area contributed by atoms with Gasteiger partial charge in [0.05, 0.1) is 0 Å². The van der Waals surface area contributed by atoms with Gasteiger partial charge in [0.15, 0.2) is 0 Å². The summed E-state index contributed by atoms with van der Waals surface area (Å²) in [7, 11) is 0. The minimum absolute atomic E-state index is 0.530. The first-order chi connectivity index (χ1) is 10.2. The predicted octanol–water partition coefficient (Wildman–Crippen LogP) is 4.50. The van der Waals surface area contributed by atoms with Crippen molar-refractivity contribution >= 4 is 0 Å². The standard InChI is InChI=1S/C18H24N2O/c1-4-11-19-13-16-6-5-12-20-18(16)21-17-9-7-15(8-10-17)14(2)3/h5-10,12,14,19H,4,11,13H2,1-3H3. The molecule has 21 heavy (non-hydrogen) atoms. The summed E-state index contributed by atoms with van der Waals surface area (Å²) in [6, 6.07) is 12.2. The molecule has 3 heteroatoms. The van der Waals surface area contributed by atoms with Gasteiger partial charge < -0.3 is 10.1 Å². The largest absolute Gasteiger partial charge is 0.439 e. The number of nitrogens with one attached hydrogen (secondary N) is 1. The lowest BCUT2D eigenvalue weighted by Gasteiger charge is -2.11. The smallest absolute Gasteiger partial charge is 0.223 e. The van der Waals surface area contributed by atoms with Gasteiger partial charge in [-0.3, -0.25) is 0 Å². The first-order valence-electron chi connectivity index (χ1n) is 7.63. The number of rotatable bonds is 7. The van der Waals surface area contributed by atoms with Gasteiger partial charge >= 0.3 is 0 Å². The number of ether oxygens (including phenoxy) is 1. The summed E-state index contributed by atoms with van der Waals surface area (Å²) < 4.78 is 5.92. The van der Waals surface area contributed by atoms with E-state index in [1.54, 1.807) is 6.20 Å². The number of nitrogens with zero attached hydrogens (tertiary/aromatic N) is 1. The fraction of sp³-hybridized carbons (Fsp3) is 0.389. The molecule has 0 aliphatic heterocycles. The maximum atomic E-state index is 5.92. The molecule has 0 saturated heterocycles. The third-order valence-electron chi connectivity index (χ3n) is 3.35. The van der Waals surface area contributed by atoms with Gasteiger partial charge in [0.1, 0.15) is 5.75 Å². The molecule has 0 amide bonds. The summed E-state index contributed by atoms with van der Waals surface area (Å²) in [5.74, 6) is 2.04. The number of benzene rings is 1. The molecule has 0 aliphatic carbocycles. The number of aromatic nitrogens is 1. The minimum atomic E-state index is 0.530. The van der Waals surface area contributed by atoms with E-state index in [1.807, 2.05) is 24.3 Å². The number of hydrogen-bond donors (Lipinski definition) is 1. The molecule has 0 aliphatic rings. The van der Waals surface area contributed by atoms with Crippen LogP contribution < -0.4 is 10.1 Å². The highest BCUT2D eigenvalue weighted by Crippen LogP contribution is 2.24. The number of pyridine rings is 1. The van der Waals surface area contributed by atoms with E-state index in [2.05, 4.69) is 43.2 Å². The van der Waals surface area contributed by atoms with Crippen LogP contribution in [-0.4, -0.2) is 11.5 Å². The van der Waals surface area contributed by atoms with Crippen molar-refractivity contribution in [3.05, 3.63) is 53.7 Å². The minimum Gasteiger partial charge on any atom is -0.439 e. The normalized spacial score (nSPS) is 10.9. The van der Waals surface area contributed by atoms with E-state index in [4.69, 9.17) is 4.74 Å². The highest BCUT2D eigenvalue weighted by molar-refractivity contribution is 5.34. The lowest BCUT2D eigenvalue weighted by molar-refractivity contribution is 0.452. The maximum Gasteiger partial charge on any atom is 0.223 e. The van der Waals surface area contributed by atoms with Crippen LogP contribution in [0.15, 0.2) is 42.6 Å². The molecule has 0 fully saturated rings. The molecule has 0 radical (unpaired) electrons. The highest BCUT2D eigenvalue weighted by Gasteiger charge is 2.06. The van der Waals surface area contributed by atoms with Gasteiger partial charge in [-0.15, -0.1) is 0 Å². The Bertz CT molecular complexity index is 549. The van der Waals surface area contributed by atoms with Crippen molar-refractivity contribution in [2.75, 3.05) is 6.54 Å². The maximum absolute atomic E-state index is 5.92. The topological polar surface area (TPSA) is 34.2 Å². The molecule has 0 spiro atoms. The summed E-state index contributed by atoms with van der Waals surface area (Å²) >= 11 is 0. The van der Waals surface area contributed by atoms with Crippen molar-refractivity contribution in [3.8, 4) is 11.6 Å². The Morgan fingerprint density at radius 1 is 1.14 bits per heavy atom. The summed E-state index contributed by atoms with van der Waals surface area (Å²) in [6.07, 6.45) is 2.88. The van der Waals surface area contributed by atoms with E-state index in [9.17, 15) is 0 Å². The molecule has 1 N–H and O–H groups in total. The molecule has 1 heterocycles. The average molecular weight is 284 g/mol. The van der Waals surface area contributed by atoms with Crippen molar-refractivity contribution in [2.45, 2.75) is 39.7 Å². The molecule has 3 nitrogen and oxygen atoms in total. The van der Waals surface area contributed by atoms with Crippen molar-refractivity contribution in [3.63, 3.8) is 0 Å². The third kappa shape index (κ3) is 4.57. The van der Waals surface area contributed by atoms with Crippen LogP contribution in [0.2, 0.25) is 0 Å². The van der Waals surface area contributed by atoms with Gasteiger partial charge in [0, 0.05) is 18.3 Å². The molecule has 0 unspecified atom stereocenters. The van der Waals surface area contributed by atoms with Crippen LogP contribution in [0.3, 0.4) is 0 Å². The van der Waals surface area contributed by atoms with Crippen LogP contribution >= 0.6 is 0 Å². The Morgan fingerprint density at radius 2 is 1.90 bits per heavy atom. The average Bonchev–Trinajstić information content (AvgIpc) is 2.50. The van der Waals surface area contributed by atoms with E-state index in [1.165, 1.54) is 5.56 Å². The Morgan fingerprint density at radius 3 is 2.57 bits per heavy atom. The number of hydrogen-bond acceptors (Lipinski definition) is 3. The van der Waals surface area contributed by atoms with Gasteiger partial charge in [-0.1, -0.05) is 39.0 Å². The molecule has 0 saturated carbocycles. The zero-order valence-corrected chi connectivity index (χ0v) is 13.1. The monoisotopic (exact) mass is 284 g/mol. The van der Waals surface area contributed by atoms with Gasteiger partial charge in [-0.2, -0.15) is 0 Å². The highest BCUT2D eigenvalue weighted by atomic mass is 16.5. The zero-order chi connectivity index (χ0) is 15.1. The lowest BCUT2D eigenvalue weighted by atomic mass is 10.0. The zero-order valence-electron chi connectivity index (χ0n) is 13.1.